The maximum Gasteiger partial charge on any atom is 0.0285 e. The number of nitrogens with one attached hydrogen (secondary N) is 1. The molecular formula is C18H22BrNS. The van der Waals surface area contributed by atoms with Crippen LogP contribution in [0.5, 0.6) is 0 Å². The Morgan fingerprint density at radius 2 is 2.05 bits per heavy atom. The van der Waals surface area contributed by atoms with E-state index < -0.39 is 0 Å². The van der Waals surface area contributed by atoms with Crippen molar-refractivity contribution in [1.82, 2.24) is 5.32 Å². The minimum absolute atomic E-state index is 0.203. The fourth-order valence-electron chi connectivity index (χ4n) is 2.92. The minimum atomic E-state index is 0.203. The number of thiophene rings is 1. The second-order valence-electron chi connectivity index (χ2n) is 6.06. The van der Waals surface area contributed by atoms with Crippen molar-refractivity contribution in [3.05, 3.63) is 56.7 Å². The van der Waals surface area contributed by atoms with Crippen molar-refractivity contribution in [2.75, 3.05) is 6.54 Å². The van der Waals surface area contributed by atoms with Gasteiger partial charge in [0.05, 0.1) is 0 Å². The van der Waals surface area contributed by atoms with Gasteiger partial charge >= 0.3 is 0 Å². The summed E-state index contributed by atoms with van der Waals surface area (Å²) in [5.74, 6) is 0. The summed E-state index contributed by atoms with van der Waals surface area (Å²) in [5, 5.41) is 5.96. The summed E-state index contributed by atoms with van der Waals surface area (Å²) < 4.78 is 1.20. The van der Waals surface area contributed by atoms with E-state index in [1.165, 1.54) is 27.8 Å². The van der Waals surface area contributed by atoms with Crippen LogP contribution in [-0.2, 0) is 11.8 Å². The van der Waals surface area contributed by atoms with E-state index in [1.54, 1.807) is 0 Å². The van der Waals surface area contributed by atoms with Gasteiger partial charge in [0.15, 0.2) is 0 Å². The van der Waals surface area contributed by atoms with E-state index in [1.807, 2.05) is 11.3 Å². The van der Waals surface area contributed by atoms with E-state index in [-0.39, 0.29) is 5.41 Å². The van der Waals surface area contributed by atoms with Crippen molar-refractivity contribution in [2.45, 2.75) is 44.1 Å². The van der Waals surface area contributed by atoms with Crippen molar-refractivity contribution in [3.8, 4) is 0 Å². The van der Waals surface area contributed by atoms with Crippen LogP contribution in [0.4, 0.5) is 0 Å². The molecule has 3 heteroatoms. The standard InChI is InChI=1S/C18H22BrNS/c1-2-18(13-20-16-8-9-16,14-6-4-3-5-7-14)11-17-10-15(19)12-21-17/h3-7,10,12,16,20H,2,8-9,11,13H2,1H3. The zero-order valence-corrected chi connectivity index (χ0v) is 14.8. The van der Waals surface area contributed by atoms with Crippen LogP contribution in [0.3, 0.4) is 0 Å². The van der Waals surface area contributed by atoms with Crippen LogP contribution in [0.2, 0.25) is 0 Å². The number of benzene rings is 1. The molecule has 1 nitrogen and oxygen atoms in total. The Kier molecular flexibility index (Phi) is 4.82. The highest BCUT2D eigenvalue weighted by molar-refractivity contribution is 9.10. The summed E-state index contributed by atoms with van der Waals surface area (Å²) >= 11 is 5.45. The molecule has 0 radical (unpaired) electrons. The molecule has 1 unspecified atom stereocenters. The summed E-state index contributed by atoms with van der Waals surface area (Å²) in [5.41, 5.74) is 1.67. The van der Waals surface area contributed by atoms with E-state index in [0.717, 1.165) is 25.4 Å². The van der Waals surface area contributed by atoms with E-state index in [9.17, 15) is 0 Å². The highest BCUT2D eigenvalue weighted by Crippen LogP contribution is 2.35. The van der Waals surface area contributed by atoms with Crippen LogP contribution in [-0.4, -0.2) is 12.6 Å². The van der Waals surface area contributed by atoms with Crippen LogP contribution < -0.4 is 5.32 Å². The van der Waals surface area contributed by atoms with Crippen molar-refractivity contribution in [1.29, 1.82) is 0 Å². The quantitative estimate of drug-likeness (QED) is 0.716. The molecule has 112 valence electrons. The van der Waals surface area contributed by atoms with Crippen LogP contribution in [0.25, 0.3) is 0 Å². The average molecular weight is 364 g/mol. The number of rotatable bonds is 7. The van der Waals surface area contributed by atoms with Crippen LogP contribution in [0, 0.1) is 0 Å². The molecule has 1 aliphatic rings. The van der Waals surface area contributed by atoms with Gasteiger partial charge in [-0.2, -0.15) is 0 Å². The molecule has 1 aromatic carbocycles. The Labute approximate surface area is 139 Å². The van der Waals surface area contributed by atoms with Gasteiger partial charge in [0.1, 0.15) is 0 Å². The molecule has 1 aromatic heterocycles. The van der Waals surface area contributed by atoms with Crippen molar-refractivity contribution in [2.24, 2.45) is 0 Å². The molecule has 0 amide bonds. The maximum absolute atomic E-state index is 3.77. The SMILES string of the molecule is CCC(CNC1CC1)(Cc1cc(Br)cs1)c1ccccc1. The summed E-state index contributed by atoms with van der Waals surface area (Å²) in [7, 11) is 0. The predicted molar refractivity (Wildman–Crippen MR) is 95.2 cm³/mol. The third-order valence-corrected chi connectivity index (χ3v) is 6.20. The van der Waals surface area contributed by atoms with Gasteiger partial charge < -0.3 is 5.32 Å². The lowest BCUT2D eigenvalue weighted by Gasteiger charge is -2.34. The molecule has 1 fully saturated rings. The van der Waals surface area contributed by atoms with E-state index in [4.69, 9.17) is 0 Å². The average Bonchev–Trinajstić information content (AvgIpc) is 3.26. The molecule has 0 spiro atoms. The molecule has 1 atom stereocenters. The molecule has 3 rings (SSSR count). The third kappa shape index (κ3) is 3.77. The zero-order valence-electron chi connectivity index (χ0n) is 12.4. The summed E-state index contributed by atoms with van der Waals surface area (Å²) in [6.45, 7) is 3.40. The highest BCUT2D eigenvalue weighted by atomic mass is 79.9. The van der Waals surface area contributed by atoms with Gasteiger partial charge in [-0.25, -0.2) is 0 Å². The van der Waals surface area contributed by atoms with Crippen molar-refractivity contribution >= 4 is 27.3 Å². The molecule has 1 saturated carbocycles. The maximum atomic E-state index is 3.77. The van der Waals surface area contributed by atoms with Crippen LogP contribution >= 0.6 is 27.3 Å². The third-order valence-electron chi connectivity index (χ3n) is 4.50. The van der Waals surface area contributed by atoms with Gasteiger partial charge in [0.2, 0.25) is 0 Å². The van der Waals surface area contributed by atoms with E-state index in [2.05, 4.69) is 69.9 Å². The Hall–Kier alpha value is -0.640. The fourth-order valence-corrected chi connectivity index (χ4v) is 4.51. The summed E-state index contributed by atoms with van der Waals surface area (Å²) in [4.78, 5) is 1.46. The molecule has 1 heterocycles. The van der Waals surface area contributed by atoms with Gasteiger partial charge in [-0.3, -0.25) is 0 Å². The van der Waals surface area contributed by atoms with Gasteiger partial charge in [-0.15, -0.1) is 11.3 Å². The smallest absolute Gasteiger partial charge is 0.0285 e. The Bertz CT molecular complexity index is 576. The molecule has 2 aromatic rings. The molecule has 1 aliphatic carbocycles. The predicted octanol–water partition coefficient (Wildman–Crippen LogP) is 5.15. The first kappa shape index (κ1) is 15.3. The van der Waals surface area contributed by atoms with Crippen molar-refractivity contribution in [3.63, 3.8) is 0 Å². The largest absolute Gasteiger partial charge is 0.313 e. The van der Waals surface area contributed by atoms with Gasteiger partial charge in [-0.1, -0.05) is 37.3 Å². The lowest BCUT2D eigenvalue weighted by atomic mass is 9.75. The van der Waals surface area contributed by atoms with E-state index in [0.29, 0.717) is 0 Å². The van der Waals surface area contributed by atoms with Gasteiger partial charge in [0.25, 0.3) is 0 Å². The topological polar surface area (TPSA) is 12.0 Å². The minimum Gasteiger partial charge on any atom is -0.313 e. The monoisotopic (exact) mass is 363 g/mol. The van der Waals surface area contributed by atoms with Crippen molar-refractivity contribution < 1.29 is 0 Å². The first-order chi connectivity index (χ1) is 10.2. The molecule has 21 heavy (non-hydrogen) atoms. The zero-order chi connectivity index (χ0) is 14.7. The molecule has 1 N–H and O–H groups in total. The first-order valence-electron chi connectivity index (χ1n) is 7.74. The lowest BCUT2D eigenvalue weighted by molar-refractivity contribution is 0.378. The Balaban J connectivity index is 1.87. The normalized spacial score (nSPS) is 17.6. The first-order valence-corrected chi connectivity index (χ1v) is 9.41. The Morgan fingerprint density at radius 3 is 2.62 bits per heavy atom. The van der Waals surface area contributed by atoms with E-state index >= 15 is 0 Å². The van der Waals surface area contributed by atoms with Gasteiger partial charge in [-0.05, 0) is 53.2 Å². The Morgan fingerprint density at radius 1 is 1.29 bits per heavy atom. The number of hydrogen-bond acceptors (Lipinski definition) is 2. The second kappa shape index (κ2) is 6.64. The van der Waals surface area contributed by atoms with Crippen LogP contribution in [0.1, 0.15) is 36.6 Å². The molecule has 0 bridgehead atoms. The number of hydrogen-bond donors (Lipinski definition) is 1. The lowest BCUT2D eigenvalue weighted by Crippen LogP contribution is -2.40. The molecule has 0 saturated heterocycles. The summed E-state index contributed by atoms with van der Waals surface area (Å²) in [6.07, 6.45) is 4.97. The highest BCUT2D eigenvalue weighted by Gasteiger charge is 2.33. The second-order valence-corrected chi connectivity index (χ2v) is 7.97. The molecular weight excluding hydrogens is 342 g/mol. The summed E-state index contributed by atoms with van der Waals surface area (Å²) in [6, 6.07) is 14.1. The van der Waals surface area contributed by atoms with Crippen LogP contribution in [0.15, 0.2) is 46.3 Å². The van der Waals surface area contributed by atoms with Gasteiger partial charge in [0, 0.05) is 32.7 Å². The fraction of sp³-hybridized carbons (Fsp3) is 0.444. The molecule has 0 aliphatic heterocycles. The number of halogens is 1.